The van der Waals surface area contributed by atoms with E-state index in [4.69, 9.17) is 8.85 Å². The molecule has 0 atom stereocenters. The van der Waals surface area contributed by atoms with Crippen LogP contribution in [0.5, 0.6) is 0 Å². The van der Waals surface area contributed by atoms with Crippen molar-refractivity contribution in [2.75, 3.05) is 0 Å². The van der Waals surface area contributed by atoms with Crippen molar-refractivity contribution in [3.05, 3.63) is 0 Å². The van der Waals surface area contributed by atoms with Crippen LogP contribution in [0.1, 0.15) is 143 Å². The number of carbonyl (C=O) groups is 2. The maximum absolute atomic E-state index is 12.5. The van der Waals surface area contributed by atoms with E-state index in [0.717, 1.165) is 38.5 Å². The zero-order chi connectivity index (χ0) is 23.2. The van der Waals surface area contributed by atoms with Crippen molar-refractivity contribution in [2.24, 2.45) is 0 Å². The Bertz CT molecular complexity index is 399. The topological polar surface area (TPSA) is 52.6 Å². The Morgan fingerprint density at radius 1 is 0.484 bits per heavy atom. The van der Waals surface area contributed by atoms with Crippen LogP contribution in [-0.4, -0.2) is 20.5 Å². The van der Waals surface area contributed by atoms with E-state index in [1.165, 1.54) is 64.2 Å². The first-order valence-electron chi connectivity index (χ1n) is 13.5. The maximum atomic E-state index is 12.5. The van der Waals surface area contributed by atoms with Crippen molar-refractivity contribution < 1.29 is 18.4 Å². The quantitative estimate of drug-likeness (QED) is 0.121. The summed E-state index contributed by atoms with van der Waals surface area (Å²) in [6, 6.07) is 1.43. The van der Waals surface area contributed by atoms with Gasteiger partial charge in [0.15, 0.2) is 0 Å². The Labute approximate surface area is 194 Å². The molecule has 31 heavy (non-hydrogen) atoms. The molecular weight excluding hydrogens is 404 g/mol. The molecule has 0 N–H and O–H groups in total. The highest BCUT2D eigenvalue weighted by Gasteiger charge is 2.43. The van der Waals surface area contributed by atoms with Gasteiger partial charge in [0.05, 0.1) is 0 Å². The second kappa shape index (κ2) is 21.0. The summed E-state index contributed by atoms with van der Waals surface area (Å²) in [5.41, 5.74) is 0. The SMILES string of the molecule is CCCCCCCCCC(=O)O[Si](CCC)(CCC)OC(=O)CCCCCCCCC. The first-order valence-corrected chi connectivity index (χ1v) is 15.7. The fraction of sp³-hybridized carbons (Fsp3) is 0.923. The van der Waals surface area contributed by atoms with E-state index in [-0.39, 0.29) is 11.9 Å². The van der Waals surface area contributed by atoms with Crippen molar-refractivity contribution in [1.29, 1.82) is 0 Å². The van der Waals surface area contributed by atoms with Gasteiger partial charge in [0, 0.05) is 24.9 Å². The molecule has 0 aromatic rings. The van der Waals surface area contributed by atoms with Crippen molar-refractivity contribution in [3.63, 3.8) is 0 Å². The van der Waals surface area contributed by atoms with Crippen molar-refractivity contribution in [2.45, 2.75) is 155 Å². The van der Waals surface area contributed by atoms with Gasteiger partial charge in [-0.1, -0.05) is 118 Å². The normalized spacial score (nSPS) is 11.5. The number of hydrogen-bond donors (Lipinski definition) is 0. The molecule has 0 aliphatic rings. The summed E-state index contributed by atoms with van der Waals surface area (Å²) in [6.07, 6.45) is 19.1. The predicted octanol–water partition coefficient (Wildman–Crippen LogP) is 8.62. The van der Waals surface area contributed by atoms with Gasteiger partial charge in [-0.15, -0.1) is 0 Å². The summed E-state index contributed by atoms with van der Waals surface area (Å²) in [5, 5.41) is 0. The molecule has 0 rings (SSSR count). The van der Waals surface area contributed by atoms with E-state index in [9.17, 15) is 9.59 Å². The molecule has 0 fully saturated rings. The van der Waals surface area contributed by atoms with Crippen LogP contribution >= 0.6 is 0 Å². The highest BCUT2D eigenvalue weighted by atomic mass is 28.4. The van der Waals surface area contributed by atoms with Crippen molar-refractivity contribution in [1.82, 2.24) is 0 Å². The van der Waals surface area contributed by atoms with Crippen molar-refractivity contribution in [3.8, 4) is 0 Å². The van der Waals surface area contributed by atoms with Crippen LogP contribution < -0.4 is 0 Å². The highest BCUT2D eigenvalue weighted by molar-refractivity contribution is 6.70. The van der Waals surface area contributed by atoms with Gasteiger partial charge in [-0.3, -0.25) is 9.59 Å². The second-order valence-electron chi connectivity index (χ2n) is 9.10. The molecule has 0 spiro atoms. The van der Waals surface area contributed by atoms with Gasteiger partial charge in [0.25, 0.3) is 11.9 Å². The van der Waals surface area contributed by atoms with Crippen LogP contribution in [0.2, 0.25) is 12.1 Å². The van der Waals surface area contributed by atoms with Crippen LogP contribution in [0.4, 0.5) is 0 Å². The van der Waals surface area contributed by atoms with Gasteiger partial charge < -0.3 is 8.85 Å². The minimum Gasteiger partial charge on any atom is -0.485 e. The van der Waals surface area contributed by atoms with E-state index in [1.807, 2.05) is 0 Å². The lowest BCUT2D eigenvalue weighted by atomic mass is 10.1. The molecule has 0 radical (unpaired) electrons. The van der Waals surface area contributed by atoms with Crippen LogP contribution in [0.25, 0.3) is 0 Å². The molecule has 0 heterocycles. The van der Waals surface area contributed by atoms with Crippen LogP contribution in [0.3, 0.4) is 0 Å². The average molecular weight is 457 g/mol. The largest absolute Gasteiger partial charge is 0.485 e. The Morgan fingerprint density at radius 2 is 0.806 bits per heavy atom. The molecule has 0 aromatic carbocycles. The van der Waals surface area contributed by atoms with E-state index >= 15 is 0 Å². The molecule has 184 valence electrons. The van der Waals surface area contributed by atoms with Crippen LogP contribution in [0.15, 0.2) is 0 Å². The molecule has 0 aliphatic heterocycles. The number of rotatable bonds is 22. The minimum absolute atomic E-state index is 0.161. The maximum Gasteiger partial charge on any atom is 0.464 e. The lowest BCUT2D eigenvalue weighted by Crippen LogP contribution is -2.45. The predicted molar refractivity (Wildman–Crippen MR) is 133 cm³/mol. The summed E-state index contributed by atoms with van der Waals surface area (Å²) in [6.45, 7) is 8.60. The summed E-state index contributed by atoms with van der Waals surface area (Å²) < 4.78 is 11.9. The van der Waals surface area contributed by atoms with E-state index in [2.05, 4.69) is 27.7 Å². The fourth-order valence-corrected chi connectivity index (χ4v) is 7.34. The number of hydrogen-bond acceptors (Lipinski definition) is 4. The molecule has 0 saturated carbocycles. The minimum atomic E-state index is -2.79. The van der Waals surface area contributed by atoms with Gasteiger partial charge in [0.1, 0.15) is 0 Å². The van der Waals surface area contributed by atoms with E-state index in [1.54, 1.807) is 0 Å². The zero-order valence-corrected chi connectivity index (χ0v) is 22.3. The molecule has 5 heteroatoms. The van der Waals surface area contributed by atoms with Gasteiger partial charge in [-0.25, -0.2) is 0 Å². The standard InChI is InChI=1S/C26H52O4Si/c1-5-9-11-13-15-17-19-21-25(27)29-31(23-7-3,24-8-4)30-26(28)22-20-18-16-14-12-10-6-2/h5-24H2,1-4H3. The van der Waals surface area contributed by atoms with E-state index < -0.39 is 8.56 Å². The van der Waals surface area contributed by atoms with Gasteiger partial charge >= 0.3 is 8.56 Å². The lowest BCUT2D eigenvalue weighted by molar-refractivity contribution is -0.142. The van der Waals surface area contributed by atoms with Gasteiger partial charge in [-0.2, -0.15) is 0 Å². The molecule has 4 nitrogen and oxygen atoms in total. The van der Waals surface area contributed by atoms with Crippen LogP contribution in [0, 0.1) is 0 Å². The molecule has 0 unspecified atom stereocenters. The third-order valence-corrected chi connectivity index (χ3v) is 9.55. The van der Waals surface area contributed by atoms with Gasteiger partial charge in [-0.05, 0) is 12.8 Å². The summed E-state index contributed by atoms with van der Waals surface area (Å²) in [5.74, 6) is -0.323. The molecule has 0 bridgehead atoms. The number of carbonyl (C=O) groups excluding carboxylic acids is 2. The van der Waals surface area contributed by atoms with Crippen molar-refractivity contribution >= 4 is 20.5 Å². The Hall–Kier alpha value is -0.843. The summed E-state index contributed by atoms with van der Waals surface area (Å²) in [4.78, 5) is 25.1. The van der Waals surface area contributed by atoms with Crippen LogP contribution in [-0.2, 0) is 18.4 Å². The Kier molecular flexibility index (Phi) is 20.5. The monoisotopic (exact) mass is 456 g/mol. The third kappa shape index (κ3) is 17.4. The highest BCUT2D eigenvalue weighted by Crippen LogP contribution is 2.25. The molecule has 0 aromatic heterocycles. The molecule has 0 amide bonds. The molecule has 0 aliphatic carbocycles. The van der Waals surface area contributed by atoms with E-state index in [0.29, 0.717) is 24.9 Å². The average Bonchev–Trinajstić information content (AvgIpc) is 2.72. The Morgan fingerprint density at radius 3 is 1.13 bits per heavy atom. The molecule has 0 saturated heterocycles. The Balaban J connectivity index is 4.39. The third-order valence-electron chi connectivity index (χ3n) is 5.83. The first kappa shape index (κ1) is 30.2. The lowest BCUT2D eigenvalue weighted by Gasteiger charge is -2.29. The smallest absolute Gasteiger partial charge is 0.464 e. The first-order chi connectivity index (χ1) is 15.0. The zero-order valence-electron chi connectivity index (χ0n) is 21.3. The second-order valence-corrected chi connectivity index (χ2v) is 12.3. The fourth-order valence-electron chi connectivity index (χ4n) is 4.08. The summed E-state index contributed by atoms with van der Waals surface area (Å²) >= 11 is 0. The number of unbranched alkanes of at least 4 members (excludes halogenated alkanes) is 12. The summed E-state index contributed by atoms with van der Waals surface area (Å²) in [7, 11) is -2.79. The molecular formula is C26H52O4Si. The van der Waals surface area contributed by atoms with Gasteiger partial charge in [0.2, 0.25) is 0 Å².